The average Bonchev–Trinajstić information content (AvgIpc) is 3.20. The first kappa shape index (κ1) is 14.4. The first-order valence-electron chi connectivity index (χ1n) is 6.32. The van der Waals surface area contributed by atoms with Gasteiger partial charge in [0.2, 0.25) is 0 Å². The lowest BCUT2D eigenvalue weighted by molar-refractivity contribution is -0.140. The Kier molecular flexibility index (Phi) is 4.18. The van der Waals surface area contributed by atoms with Crippen molar-refractivity contribution in [2.75, 3.05) is 5.75 Å². The first-order valence-corrected chi connectivity index (χ1v) is 6.95. The molecule has 0 aliphatic heterocycles. The van der Waals surface area contributed by atoms with E-state index in [4.69, 9.17) is 0 Å². The van der Waals surface area contributed by atoms with Crippen LogP contribution in [0.1, 0.15) is 36.5 Å². The molecule has 1 aliphatic carbocycles. The fourth-order valence-electron chi connectivity index (χ4n) is 2.28. The van der Waals surface area contributed by atoms with Crippen LogP contribution in [0.5, 0.6) is 0 Å². The molecule has 1 fully saturated rings. The number of thiol groups is 1. The van der Waals surface area contributed by atoms with Crippen LogP contribution in [0, 0.1) is 0 Å². The Bertz CT molecular complexity index is 470. The molecule has 2 atom stereocenters. The molecule has 1 saturated carbocycles. The second kappa shape index (κ2) is 5.53. The molecule has 0 aromatic heterocycles. The lowest BCUT2D eigenvalue weighted by Gasteiger charge is -2.19. The number of benzene rings is 1. The van der Waals surface area contributed by atoms with Crippen LogP contribution in [-0.4, -0.2) is 33.1 Å². The van der Waals surface area contributed by atoms with Crippen LogP contribution in [0.15, 0.2) is 24.3 Å². The number of rotatable bonds is 6. The third kappa shape index (κ3) is 2.78. The third-order valence-corrected chi connectivity index (χ3v) is 3.99. The lowest BCUT2D eigenvalue weighted by atomic mass is 9.92. The van der Waals surface area contributed by atoms with Crippen molar-refractivity contribution in [2.45, 2.75) is 36.9 Å². The van der Waals surface area contributed by atoms with Crippen LogP contribution in [0.3, 0.4) is 0 Å². The molecule has 0 spiro atoms. The van der Waals surface area contributed by atoms with Crippen molar-refractivity contribution in [1.82, 2.24) is 0 Å². The maximum absolute atomic E-state index is 11.3. The summed E-state index contributed by atoms with van der Waals surface area (Å²) in [6, 6.07) is 6.88. The number of carboxylic acid groups (broad SMARTS) is 1. The molecule has 5 heteroatoms. The van der Waals surface area contributed by atoms with Crippen molar-refractivity contribution in [1.29, 1.82) is 0 Å². The summed E-state index contributed by atoms with van der Waals surface area (Å²) in [5.41, 5.74) is 0.471. The zero-order chi connectivity index (χ0) is 14.0. The highest BCUT2D eigenvalue weighted by Crippen LogP contribution is 2.48. The van der Waals surface area contributed by atoms with Gasteiger partial charge in [0.15, 0.2) is 0 Å². The van der Waals surface area contributed by atoms with Gasteiger partial charge in [-0.05, 0) is 36.1 Å². The number of aliphatic hydroxyl groups excluding tert-OH is 2. The van der Waals surface area contributed by atoms with E-state index < -0.39 is 23.6 Å². The van der Waals surface area contributed by atoms with Crippen LogP contribution >= 0.6 is 12.6 Å². The van der Waals surface area contributed by atoms with Crippen molar-refractivity contribution in [3.8, 4) is 0 Å². The Morgan fingerprint density at radius 1 is 1.37 bits per heavy atom. The molecule has 1 aliphatic rings. The Labute approximate surface area is 117 Å². The molecule has 1 aromatic rings. The van der Waals surface area contributed by atoms with E-state index in [1.54, 1.807) is 24.3 Å². The van der Waals surface area contributed by atoms with Gasteiger partial charge in [-0.2, -0.15) is 12.6 Å². The standard InChI is InChI=1S/C14H18O4S/c15-11(4-7-19)12(16)9-2-1-3-10(8-9)14(5-6-14)13(17)18/h1-3,8,11-12,15-16,19H,4-7H2,(H,17,18). The zero-order valence-corrected chi connectivity index (χ0v) is 11.4. The summed E-state index contributed by atoms with van der Waals surface area (Å²) in [4.78, 5) is 11.3. The molecule has 0 amide bonds. The Morgan fingerprint density at radius 3 is 2.58 bits per heavy atom. The monoisotopic (exact) mass is 282 g/mol. The number of carboxylic acids is 1. The van der Waals surface area contributed by atoms with Crippen LogP contribution in [-0.2, 0) is 10.2 Å². The van der Waals surface area contributed by atoms with Gasteiger partial charge in [-0.15, -0.1) is 0 Å². The van der Waals surface area contributed by atoms with Gasteiger partial charge >= 0.3 is 5.97 Å². The Balaban J connectivity index is 2.23. The topological polar surface area (TPSA) is 77.8 Å². The van der Waals surface area contributed by atoms with Gasteiger partial charge in [-0.3, -0.25) is 4.79 Å². The van der Waals surface area contributed by atoms with Crippen molar-refractivity contribution in [2.24, 2.45) is 0 Å². The smallest absolute Gasteiger partial charge is 0.314 e. The van der Waals surface area contributed by atoms with Gasteiger partial charge < -0.3 is 15.3 Å². The highest BCUT2D eigenvalue weighted by Gasteiger charge is 2.51. The summed E-state index contributed by atoms with van der Waals surface area (Å²) in [5.74, 6) is -0.341. The molecule has 0 saturated heterocycles. The fraction of sp³-hybridized carbons (Fsp3) is 0.500. The van der Waals surface area contributed by atoms with E-state index in [0.29, 0.717) is 36.1 Å². The van der Waals surface area contributed by atoms with E-state index >= 15 is 0 Å². The summed E-state index contributed by atoms with van der Waals surface area (Å²) in [7, 11) is 0. The Hall–Kier alpha value is -1.04. The van der Waals surface area contributed by atoms with Gasteiger partial charge in [-0.1, -0.05) is 24.3 Å². The maximum atomic E-state index is 11.3. The van der Waals surface area contributed by atoms with Crippen LogP contribution < -0.4 is 0 Å². The summed E-state index contributed by atoms with van der Waals surface area (Å²) < 4.78 is 0. The van der Waals surface area contributed by atoms with Gasteiger partial charge in [0, 0.05) is 0 Å². The molecule has 19 heavy (non-hydrogen) atoms. The lowest BCUT2D eigenvalue weighted by Crippen LogP contribution is -2.22. The van der Waals surface area contributed by atoms with Gasteiger partial charge in [0.1, 0.15) is 6.10 Å². The van der Waals surface area contributed by atoms with Crippen molar-refractivity contribution in [3.05, 3.63) is 35.4 Å². The van der Waals surface area contributed by atoms with E-state index in [1.165, 1.54) is 0 Å². The molecule has 0 radical (unpaired) electrons. The highest BCUT2D eigenvalue weighted by atomic mass is 32.1. The average molecular weight is 282 g/mol. The summed E-state index contributed by atoms with van der Waals surface area (Å²) >= 11 is 4.02. The number of hydrogen-bond donors (Lipinski definition) is 4. The van der Waals surface area contributed by atoms with Crippen LogP contribution in [0.4, 0.5) is 0 Å². The van der Waals surface area contributed by atoms with Gasteiger partial charge in [0.25, 0.3) is 0 Å². The van der Waals surface area contributed by atoms with Crippen LogP contribution in [0.2, 0.25) is 0 Å². The molecule has 4 nitrogen and oxygen atoms in total. The van der Waals surface area contributed by atoms with Gasteiger partial charge in [0.05, 0.1) is 11.5 Å². The molecule has 0 bridgehead atoms. The molecule has 1 aromatic carbocycles. The van der Waals surface area contributed by atoms with E-state index in [-0.39, 0.29) is 0 Å². The molecular weight excluding hydrogens is 264 g/mol. The second-order valence-electron chi connectivity index (χ2n) is 5.04. The minimum atomic E-state index is -1.00. The van der Waals surface area contributed by atoms with Crippen molar-refractivity contribution in [3.63, 3.8) is 0 Å². The number of aliphatic hydroxyl groups is 2. The molecule has 2 rings (SSSR count). The Morgan fingerprint density at radius 2 is 2.05 bits per heavy atom. The summed E-state index contributed by atoms with van der Waals surface area (Å²) in [6.07, 6.45) is -0.245. The molecule has 0 heterocycles. The number of hydrogen-bond acceptors (Lipinski definition) is 4. The maximum Gasteiger partial charge on any atom is 0.314 e. The first-order chi connectivity index (χ1) is 9.01. The van der Waals surface area contributed by atoms with Gasteiger partial charge in [-0.25, -0.2) is 0 Å². The predicted molar refractivity (Wildman–Crippen MR) is 74.4 cm³/mol. The quantitative estimate of drug-likeness (QED) is 0.597. The highest BCUT2D eigenvalue weighted by molar-refractivity contribution is 7.80. The number of carbonyl (C=O) groups is 1. The number of aliphatic carboxylic acids is 1. The minimum Gasteiger partial charge on any atom is -0.481 e. The normalized spacial score (nSPS) is 19.7. The van der Waals surface area contributed by atoms with E-state index in [2.05, 4.69) is 12.6 Å². The summed E-state index contributed by atoms with van der Waals surface area (Å²) in [5, 5.41) is 29.1. The SMILES string of the molecule is O=C(O)C1(c2cccc(C(O)C(O)CCS)c2)CC1. The molecule has 104 valence electrons. The third-order valence-electron chi connectivity index (χ3n) is 3.73. The van der Waals surface area contributed by atoms with Crippen molar-refractivity contribution >= 4 is 18.6 Å². The fourth-order valence-corrected chi connectivity index (χ4v) is 2.55. The molecule has 2 unspecified atom stereocenters. The van der Waals surface area contributed by atoms with E-state index in [9.17, 15) is 20.1 Å². The molecular formula is C14H18O4S. The van der Waals surface area contributed by atoms with Crippen LogP contribution in [0.25, 0.3) is 0 Å². The second-order valence-corrected chi connectivity index (χ2v) is 5.48. The van der Waals surface area contributed by atoms with Crippen molar-refractivity contribution < 1.29 is 20.1 Å². The predicted octanol–water partition coefficient (Wildman–Crippen LogP) is 1.52. The summed E-state index contributed by atoms with van der Waals surface area (Å²) in [6.45, 7) is 0. The zero-order valence-electron chi connectivity index (χ0n) is 10.5. The van der Waals surface area contributed by atoms with E-state index in [1.807, 2.05) is 0 Å². The van der Waals surface area contributed by atoms with E-state index in [0.717, 1.165) is 0 Å². The molecule has 3 N–H and O–H groups in total. The minimum absolute atomic E-state index is 0.387. The largest absolute Gasteiger partial charge is 0.481 e.